The predicted octanol–water partition coefficient (Wildman–Crippen LogP) is 2.98. The Labute approximate surface area is 167 Å². The summed E-state index contributed by atoms with van der Waals surface area (Å²) < 4.78 is 5.31. The molecule has 7 heteroatoms. The molecule has 1 aromatic rings. The van der Waals surface area contributed by atoms with Crippen molar-refractivity contribution in [2.45, 2.75) is 59.2 Å². The Hall–Kier alpha value is -2.44. The molecule has 1 aliphatic rings. The second-order valence-corrected chi connectivity index (χ2v) is 8.71. The summed E-state index contributed by atoms with van der Waals surface area (Å²) in [5.74, 6) is 0.0762. The first-order valence-corrected chi connectivity index (χ1v) is 9.82. The first kappa shape index (κ1) is 21.9. The minimum Gasteiger partial charge on any atom is -0.508 e. The van der Waals surface area contributed by atoms with Gasteiger partial charge in [-0.1, -0.05) is 19.9 Å². The molecule has 2 atom stereocenters. The van der Waals surface area contributed by atoms with Gasteiger partial charge in [0.25, 0.3) is 0 Å². The van der Waals surface area contributed by atoms with Crippen LogP contribution in [0.2, 0.25) is 0 Å². The number of benzene rings is 1. The van der Waals surface area contributed by atoms with E-state index in [0.717, 1.165) is 5.69 Å². The van der Waals surface area contributed by atoms with Crippen LogP contribution in [0, 0.1) is 5.92 Å². The summed E-state index contributed by atoms with van der Waals surface area (Å²) in [5, 5.41) is 12.5. The quantitative estimate of drug-likeness (QED) is 0.825. The lowest BCUT2D eigenvalue weighted by Gasteiger charge is -2.42. The molecule has 1 saturated heterocycles. The first-order chi connectivity index (χ1) is 13.0. The molecule has 156 valence electrons. The summed E-state index contributed by atoms with van der Waals surface area (Å²) >= 11 is 0. The van der Waals surface area contributed by atoms with Gasteiger partial charge in [0.2, 0.25) is 5.91 Å². The highest BCUT2D eigenvalue weighted by Crippen LogP contribution is 2.24. The number of nitrogens with one attached hydrogen (secondary N) is 1. The minimum absolute atomic E-state index is 0.0561. The number of piperazine rings is 1. The fourth-order valence-electron chi connectivity index (χ4n) is 3.36. The third-order valence-electron chi connectivity index (χ3n) is 4.71. The van der Waals surface area contributed by atoms with Gasteiger partial charge in [0, 0.05) is 37.4 Å². The first-order valence-electron chi connectivity index (χ1n) is 9.82. The number of aromatic hydroxyl groups is 1. The van der Waals surface area contributed by atoms with Crippen molar-refractivity contribution in [1.82, 2.24) is 10.2 Å². The number of nitrogens with zero attached hydrogens (tertiary/aromatic N) is 2. The van der Waals surface area contributed by atoms with Crippen LogP contribution in [0.15, 0.2) is 24.3 Å². The fourth-order valence-corrected chi connectivity index (χ4v) is 3.36. The monoisotopic (exact) mass is 391 g/mol. The lowest BCUT2D eigenvalue weighted by molar-refractivity contribution is -0.135. The van der Waals surface area contributed by atoms with E-state index in [1.54, 1.807) is 37.8 Å². The Morgan fingerprint density at radius 1 is 1.25 bits per heavy atom. The number of phenols is 1. The van der Waals surface area contributed by atoms with Gasteiger partial charge < -0.3 is 25.0 Å². The van der Waals surface area contributed by atoms with E-state index in [4.69, 9.17) is 4.74 Å². The third kappa shape index (κ3) is 5.78. The van der Waals surface area contributed by atoms with E-state index in [2.05, 4.69) is 17.1 Å². The molecule has 0 saturated carbocycles. The van der Waals surface area contributed by atoms with Crippen LogP contribution < -0.4 is 10.2 Å². The summed E-state index contributed by atoms with van der Waals surface area (Å²) in [6, 6.07) is 6.60. The van der Waals surface area contributed by atoms with E-state index in [1.807, 2.05) is 26.0 Å². The summed E-state index contributed by atoms with van der Waals surface area (Å²) in [5.41, 5.74) is 0.322. The number of carbonyl (C=O) groups is 2. The van der Waals surface area contributed by atoms with Crippen molar-refractivity contribution in [3.63, 3.8) is 0 Å². The number of phenolic OH excluding ortho intramolecular Hbond substituents is 1. The van der Waals surface area contributed by atoms with Gasteiger partial charge in [0.15, 0.2) is 0 Å². The number of hydrogen-bond acceptors (Lipinski definition) is 5. The van der Waals surface area contributed by atoms with Gasteiger partial charge in [0.05, 0.1) is 0 Å². The van der Waals surface area contributed by atoms with Crippen molar-refractivity contribution < 1.29 is 19.4 Å². The van der Waals surface area contributed by atoms with Crippen molar-refractivity contribution in [3.05, 3.63) is 24.3 Å². The predicted molar refractivity (Wildman–Crippen MR) is 109 cm³/mol. The van der Waals surface area contributed by atoms with Crippen molar-refractivity contribution in [2.75, 3.05) is 24.5 Å². The van der Waals surface area contributed by atoms with Gasteiger partial charge in [-0.05, 0) is 45.7 Å². The van der Waals surface area contributed by atoms with Crippen LogP contribution in [-0.2, 0) is 9.53 Å². The highest BCUT2D eigenvalue weighted by atomic mass is 16.6. The Balaban J connectivity index is 2.03. The van der Waals surface area contributed by atoms with Crippen LogP contribution in [0.5, 0.6) is 5.75 Å². The molecule has 7 nitrogen and oxygen atoms in total. The average Bonchev–Trinajstić information content (AvgIpc) is 2.57. The van der Waals surface area contributed by atoms with E-state index in [0.29, 0.717) is 19.6 Å². The molecule has 0 aliphatic carbocycles. The molecule has 0 aromatic heterocycles. The zero-order chi connectivity index (χ0) is 21.1. The molecule has 1 fully saturated rings. The Morgan fingerprint density at radius 3 is 2.46 bits per heavy atom. The second kappa shape index (κ2) is 8.71. The third-order valence-corrected chi connectivity index (χ3v) is 4.71. The van der Waals surface area contributed by atoms with Crippen LogP contribution >= 0.6 is 0 Å². The van der Waals surface area contributed by atoms with Crippen molar-refractivity contribution in [1.29, 1.82) is 0 Å². The van der Waals surface area contributed by atoms with Gasteiger partial charge in [-0.15, -0.1) is 0 Å². The zero-order valence-corrected chi connectivity index (χ0v) is 17.7. The van der Waals surface area contributed by atoms with Crippen LogP contribution in [0.25, 0.3) is 0 Å². The molecule has 0 radical (unpaired) electrons. The standard InChI is InChI=1S/C21H33N3O4/c1-14(2)18(22-20(27)28-21(4,5)6)19(26)23-10-11-24(15(3)13-23)16-8-7-9-17(25)12-16/h7-9,12,14-15,18,25H,10-11,13H2,1-6H3,(H,22,27)/t15-,18-/m0/s1. The molecule has 0 bridgehead atoms. The van der Waals surface area contributed by atoms with E-state index < -0.39 is 17.7 Å². The molecule has 2 rings (SSSR count). The summed E-state index contributed by atoms with van der Waals surface area (Å²) in [7, 11) is 0. The topological polar surface area (TPSA) is 82.1 Å². The number of carbonyl (C=O) groups excluding carboxylic acids is 2. The molecule has 0 spiro atoms. The molecule has 2 N–H and O–H groups in total. The molecular weight excluding hydrogens is 358 g/mol. The molecule has 28 heavy (non-hydrogen) atoms. The number of rotatable bonds is 4. The highest BCUT2D eigenvalue weighted by Gasteiger charge is 2.34. The normalized spacial score (nSPS) is 18.8. The Bertz CT molecular complexity index is 699. The maximum atomic E-state index is 13.1. The second-order valence-electron chi connectivity index (χ2n) is 8.71. The maximum Gasteiger partial charge on any atom is 0.408 e. The summed E-state index contributed by atoms with van der Waals surface area (Å²) in [6.45, 7) is 13.0. The molecule has 1 aliphatic heterocycles. The molecule has 2 amide bonds. The van der Waals surface area contributed by atoms with Crippen LogP contribution in [0.4, 0.5) is 10.5 Å². The van der Waals surface area contributed by atoms with Crippen LogP contribution in [0.1, 0.15) is 41.5 Å². The van der Waals surface area contributed by atoms with Crippen LogP contribution in [0.3, 0.4) is 0 Å². The van der Waals surface area contributed by atoms with Crippen LogP contribution in [-0.4, -0.2) is 59.3 Å². The van der Waals surface area contributed by atoms with Crippen molar-refractivity contribution in [2.24, 2.45) is 5.92 Å². The van der Waals surface area contributed by atoms with Gasteiger partial charge in [-0.2, -0.15) is 0 Å². The summed E-state index contributed by atoms with van der Waals surface area (Å²) in [6.07, 6.45) is -0.578. The Kier molecular flexibility index (Phi) is 6.80. The number of hydrogen-bond donors (Lipinski definition) is 2. The Morgan fingerprint density at radius 2 is 1.93 bits per heavy atom. The molecule has 1 aromatic carbocycles. The van der Waals surface area contributed by atoms with Gasteiger partial charge in [-0.3, -0.25) is 4.79 Å². The number of anilines is 1. The van der Waals surface area contributed by atoms with E-state index in [-0.39, 0.29) is 23.6 Å². The van der Waals surface area contributed by atoms with E-state index in [1.165, 1.54) is 0 Å². The lowest BCUT2D eigenvalue weighted by atomic mass is 10.0. The van der Waals surface area contributed by atoms with E-state index in [9.17, 15) is 14.7 Å². The highest BCUT2D eigenvalue weighted by molar-refractivity contribution is 5.86. The largest absolute Gasteiger partial charge is 0.508 e. The van der Waals surface area contributed by atoms with Crippen molar-refractivity contribution in [3.8, 4) is 5.75 Å². The number of alkyl carbamates (subject to hydrolysis) is 1. The number of amides is 2. The van der Waals surface area contributed by atoms with E-state index >= 15 is 0 Å². The van der Waals surface area contributed by atoms with Crippen molar-refractivity contribution >= 4 is 17.7 Å². The average molecular weight is 392 g/mol. The number of ether oxygens (including phenoxy) is 1. The lowest BCUT2D eigenvalue weighted by Crippen LogP contribution is -2.59. The molecular formula is C21H33N3O4. The molecule has 0 unspecified atom stereocenters. The van der Waals surface area contributed by atoms with Gasteiger partial charge in [0.1, 0.15) is 17.4 Å². The fraction of sp³-hybridized carbons (Fsp3) is 0.619. The maximum absolute atomic E-state index is 13.1. The van der Waals surface area contributed by atoms with Gasteiger partial charge in [-0.25, -0.2) is 4.79 Å². The SMILES string of the molecule is CC(C)[C@H](NC(=O)OC(C)(C)C)C(=O)N1CCN(c2cccc(O)c2)[C@@H](C)C1. The molecule has 1 heterocycles. The summed E-state index contributed by atoms with van der Waals surface area (Å²) in [4.78, 5) is 29.2. The smallest absolute Gasteiger partial charge is 0.408 e. The zero-order valence-electron chi connectivity index (χ0n) is 17.7. The minimum atomic E-state index is -0.630. The van der Waals surface area contributed by atoms with Gasteiger partial charge >= 0.3 is 6.09 Å².